The maximum Gasteiger partial charge on any atom is 0.251 e. The Balaban J connectivity index is 2.09. The minimum absolute atomic E-state index is 0.0393. The van der Waals surface area contributed by atoms with Crippen molar-refractivity contribution in [3.63, 3.8) is 0 Å². The van der Waals surface area contributed by atoms with Crippen LogP contribution in [0, 0.1) is 6.92 Å². The zero-order valence-corrected chi connectivity index (χ0v) is 15.7. The van der Waals surface area contributed by atoms with Crippen LogP contribution in [0.25, 0.3) is 5.57 Å². The van der Waals surface area contributed by atoms with Crippen LogP contribution in [-0.2, 0) is 0 Å². The lowest BCUT2D eigenvalue weighted by atomic mass is 9.85. The van der Waals surface area contributed by atoms with Gasteiger partial charge < -0.3 is 10.2 Å². The van der Waals surface area contributed by atoms with Gasteiger partial charge in [0, 0.05) is 18.7 Å². The third-order valence-corrected chi connectivity index (χ3v) is 5.18. The summed E-state index contributed by atoms with van der Waals surface area (Å²) in [6, 6.07) is 6.13. The molecule has 0 spiro atoms. The number of nitrogens with one attached hydrogen (secondary N) is 1. The van der Waals surface area contributed by atoms with E-state index in [-0.39, 0.29) is 5.91 Å². The first-order chi connectivity index (χ1) is 11.6. The van der Waals surface area contributed by atoms with E-state index in [1.165, 1.54) is 41.5 Å². The molecule has 0 bridgehead atoms. The average molecular weight is 329 g/mol. The maximum atomic E-state index is 12.5. The SMILES string of the molecule is CCN(CC)CCNC(=O)c1ccc(C)c(C2=C(C)CCCC2)c1. The molecule has 1 N–H and O–H groups in total. The van der Waals surface area contributed by atoms with Gasteiger partial charge >= 0.3 is 0 Å². The van der Waals surface area contributed by atoms with Crippen LogP contribution in [0.5, 0.6) is 0 Å². The summed E-state index contributed by atoms with van der Waals surface area (Å²) in [5.74, 6) is 0.0393. The summed E-state index contributed by atoms with van der Waals surface area (Å²) in [5.41, 5.74) is 6.26. The highest BCUT2D eigenvalue weighted by atomic mass is 16.1. The lowest BCUT2D eigenvalue weighted by Gasteiger charge is -2.20. The van der Waals surface area contributed by atoms with Crippen LogP contribution in [0.3, 0.4) is 0 Å². The van der Waals surface area contributed by atoms with Gasteiger partial charge in [-0.05, 0) is 81.5 Å². The molecule has 0 heterocycles. The second-order valence-corrected chi connectivity index (χ2v) is 6.78. The first-order valence-electron chi connectivity index (χ1n) is 9.37. The van der Waals surface area contributed by atoms with Crippen LogP contribution < -0.4 is 5.32 Å². The van der Waals surface area contributed by atoms with Crippen molar-refractivity contribution in [2.45, 2.75) is 53.4 Å². The summed E-state index contributed by atoms with van der Waals surface area (Å²) in [6.45, 7) is 12.3. The van der Waals surface area contributed by atoms with Crippen LogP contribution >= 0.6 is 0 Å². The van der Waals surface area contributed by atoms with Crippen LogP contribution in [-0.4, -0.2) is 37.0 Å². The molecule has 0 saturated heterocycles. The van der Waals surface area contributed by atoms with Gasteiger partial charge in [-0.2, -0.15) is 0 Å². The van der Waals surface area contributed by atoms with E-state index < -0.39 is 0 Å². The number of hydrogen-bond donors (Lipinski definition) is 1. The molecule has 1 amide bonds. The van der Waals surface area contributed by atoms with Crippen molar-refractivity contribution in [2.24, 2.45) is 0 Å². The highest BCUT2D eigenvalue weighted by Gasteiger charge is 2.15. The van der Waals surface area contributed by atoms with Crippen molar-refractivity contribution in [2.75, 3.05) is 26.2 Å². The van der Waals surface area contributed by atoms with Gasteiger partial charge in [-0.1, -0.05) is 25.5 Å². The summed E-state index contributed by atoms with van der Waals surface area (Å²) in [4.78, 5) is 14.8. The monoisotopic (exact) mass is 328 g/mol. The second-order valence-electron chi connectivity index (χ2n) is 6.78. The molecule has 3 nitrogen and oxygen atoms in total. The molecule has 1 aromatic rings. The van der Waals surface area contributed by atoms with Crippen molar-refractivity contribution in [1.82, 2.24) is 10.2 Å². The molecule has 0 saturated carbocycles. The predicted molar refractivity (Wildman–Crippen MR) is 102 cm³/mol. The molecule has 3 heteroatoms. The molecule has 0 aromatic heterocycles. The number of aryl methyl sites for hydroxylation is 1. The van der Waals surface area contributed by atoms with Gasteiger partial charge in [-0.15, -0.1) is 0 Å². The van der Waals surface area contributed by atoms with Crippen molar-refractivity contribution in [3.05, 3.63) is 40.5 Å². The summed E-state index contributed by atoms with van der Waals surface area (Å²) in [7, 11) is 0. The zero-order valence-electron chi connectivity index (χ0n) is 15.7. The van der Waals surface area contributed by atoms with Crippen molar-refractivity contribution in [1.29, 1.82) is 0 Å². The predicted octanol–water partition coefficient (Wildman–Crippen LogP) is 4.41. The summed E-state index contributed by atoms with van der Waals surface area (Å²) in [6.07, 6.45) is 4.88. The number of nitrogens with zero attached hydrogens (tertiary/aromatic N) is 1. The second kappa shape index (κ2) is 9.03. The molecule has 2 rings (SSSR count). The Hall–Kier alpha value is -1.61. The molecule has 0 radical (unpaired) electrons. The highest BCUT2D eigenvalue weighted by molar-refractivity contribution is 5.95. The molecular formula is C21H32N2O. The van der Waals surface area contributed by atoms with Gasteiger partial charge in [0.1, 0.15) is 0 Å². The van der Waals surface area contributed by atoms with Gasteiger partial charge in [-0.25, -0.2) is 0 Å². The van der Waals surface area contributed by atoms with E-state index in [9.17, 15) is 4.79 Å². The molecule has 1 aliphatic rings. The highest BCUT2D eigenvalue weighted by Crippen LogP contribution is 2.33. The van der Waals surface area contributed by atoms with Crippen molar-refractivity contribution in [3.8, 4) is 0 Å². The van der Waals surface area contributed by atoms with Gasteiger partial charge in [0.15, 0.2) is 0 Å². The van der Waals surface area contributed by atoms with Crippen molar-refractivity contribution < 1.29 is 4.79 Å². The number of likely N-dealkylation sites (N-methyl/N-ethyl adjacent to an activating group) is 1. The Morgan fingerprint density at radius 1 is 1.12 bits per heavy atom. The summed E-state index contributed by atoms with van der Waals surface area (Å²) in [5, 5.41) is 3.06. The van der Waals surface area contributed by atoms with Crippen molar-refractivity contribution >= 4 is 11.5 Å². The largest absolute Gasteiger partial charge is 0.351 e. The fourth-order valence-electron chi connectivity index (χ4n) is 3.48. The van der Waals surface area contributed by atoms with Crippen LogP contribution in [0.4, 0.5) is 0 Å². The Kier molecular flexibility index (Phi) is 7.04. The van der Waals surface area contributed by atoms with E-state index >= 15 is 0 Å². The topological polar surface area (TPSA) is 32.3 Å². The number of carbonyl (C=O) groups is 1. The number of rotatable bonds is 7. The number of amides is 1. The zero-order chi connectivity index (χ0) is 17.5. The molecular weight excluding hydrogens is 296 g/mol. The van der Waals surface area contributed by atoms with E-state index in [1.54, 1.807) is 0 Å². The first kappa shape index (κ1) is 18.7. The van der Waals surface area contributed by atoms with E-state index in [0.717, 1.165) is 31.6 Å². The third kappa shape index (κ3) is 4.70. The molecule has 1 aromatic carbocycles. The molecule has 132 valence electrons. The molecule has 0 aliphatic heterocycles. The van der Waals surface area contributed by atoms with E-state index in [1.807, 2.05) is 6.07 Å². The van der Waals surface area contributed by atoms with Crippen LogP contribution in [0.1, 0.15) is 67.9 Å². The molecule has 0 atom stereocenters. The number of allylic oxidation sites excluding steroid dienone is 2. The number of carbonyl (C=O) groups excluding carboxylic acids is 1. The van der Waals surface area contributed by atoms with Gasteiger partial charge in [0.05, 0.1) is 0 Å². The molecule has 24 heavy (non-hydrogen) atoms. The number of benzene rings is 1. The lowest BCUT2D eigenvalue weighted by Crippen LogP contribution is -2.34. The quantitative estimate of drug-likeness (QED) is 0.804. The molecule has 1 aliphatic carbocycles. The smallest absolute Gasteiger partial charge is 0.251 e. The lowest BCUT2D eigenvalue weighted by molar-refractivity contribution is 0.0949. The Morgan fingerprint density at radius 3 is 2.50 bits per heavy atom. The minimum atomic E-state index is 0.0393. The van der Waals surface area contributed by atoms with Gasteiger partial charge in [0.25, 0.3) is 5.91 Å². The number of hydrogen-bond acceptors (Lipinski definition) is 2. The van der Waals surface area contributed by atoms with Gasteiger partial charge in [-0.3, -0.25) is 4.79 Å². The molecule has 0 unspecified atom stereocenters. The standard InChI is InChI=1S/C21H32N2O/c1-5-23(6-2)14-13-22-21(24)18-12-11-17(4)20(15-18)19-10-8-7-9-16(19)3/h11-12,15H,5-10,13-14H2,1-4H3,(H,22,24). The minimum Gasteiger partial charge on any atom is -0.351 e. The molecule has 0 fully saturated rings. The van der Waals surface area contributed by atoms with E-state index in [0.29, 0.717) is 6.54 Å². The fourth-order valence-corrected chi connectivity index (χ4v) is 3.48. The van der Waals surface area contributed by atoms with E-state index in [4.69, 9.17) is 0 Å². The Bertz CT molecular complexity index is 600. The normalized spacial score (nSPS) is 15.0. The summed E-state index contributed by atoms with van der Waals surface area (Å²) < 4.78 is 0. The van der Waals surface area contributed by atoms with Crippen LogP contribution in [0.2, 0.25) is 0 Å². The summed E-state index contributed by atoms with van der Waals surface area (Å²) >= 11 is 0. The third-order valence-electron chi connectivity index (χ3n) is 5.18. The van der Waals surface area contributed by atoms with Gasteiger partial charge in [0.2, 0.25) is 0 Å². The van der Waals surface area contributed by atoms with Crippen LogP contribution in [0.15, 0.2) is 23.8 Å². The average Bonchev–Trinajstić information content (AvgIpc) is 2.59. The fraction of sp³-hybridized carbons (Fsp3) is 0.571. The first-order valence-corrected chi connectivity index (χ1v) is 9.37. The maximum absolute atomic E-state index is 12.5. The Morgan fingerprint density at radius 2 is 1.83 bits per heavy atom. The van der Waals surface area contributed by atoms with E-state index in [2.05, 4.69) is 50.0 Å². The Labute approximate surface area is 147 Å².